The molecule has 160 valence electrons. The van der Waals surface area contributed by atoms with Gasteiger partial charge < -0.3 is 24.3 Å². The number of fused-ring (bicyclic) bond motifs is 2. The first kappa shape index (κ1) is 20.3. The lowest BCUT2D eigenvalue weighted by Crippen LogP contribution is -2.26. The summed E-state index contributed by atoms with van der Waals surface area (Å²) in [6, 6.07) is 10.7. The molecule has 8 nitrogen and oxygen atoms in total. The van der Waals surface area contributed by atoms with Crippen LogP contribution in [0.3, 0.4) is 0 Å². The van der Waals surface area contributed by atoms with Crippen LogP contribution in [0.4, 0.5) is 13.6 Å². The van der Waals surface area contributed by atoms with Gasteiger partial charge in [0.1, 0.15) is 23.7 Å². The van der Waals surface area contributed by atoms with Crippen LogP contribution in [0, 0.1) is 6.92 Å². The topological polar surface area (TPSA) is 107 Å². The van der Waals surface area contributed by atoms with Crippen molar-refractivity contribution in [3.63, 3.8) is 0 Å². The fourth-order valence-electron chi connectivity index (χ4n) is 3.15. The van der Waals surface area contributed by atoms with E-state index in [1.807, 2.05) is 19.1 Å². The molecule has 4 aromatic rings. The van der Waals surface area contributed by atoms with Gasteiger partial charge in [-0.25, -0.2) is 14.8 Å². The molecule has 0 aliphatic rings. The van der Waals surface area contributed by atoms with Gasteiger partial charge in [0.05, 0.1) is 23.8 Å². The van der Waals surface area contributed by atoms with Crippen molar-refractivity contribution in [2.24, 2.45) is 0 Å². The second kappa shape index (κ2) is 8.42. The molecule has 1 amide bonds. The molecule has 0 fully saturated rings. The first-order chi connectivity index (χ1) is 14.9. The highest BCUT2D eigenvalue weighted by molar-refractivity contribution is 5.94. The lowest BCUT2D eigenvalue weighted by Gasteiger charge is -2.07. The zero-order chi connectivity index (χ0) is 22.0. The summed E-state index contributed by atoms with van der Waals surface area (Å²) in [6.45, 7) is -0.785. The number of furan rings is 1. The highest BCUT2D eigenvalue weighted by atomic mass is 19.3. The van der Waals surface area contributed by atoms with Crippen LogP contribution in [-0.2, 0) is 0 Å². The van der Waals surface area contributed by atoms with E-state index in [4.69, 9.17) is 14.3 Å². The van der Waals surface area contributed by atoms with Crippen molar-refractivity contribution in [3.8, 4) is 23.0 Å². The van der Waals surface area contributed by atoms with Crippen molar-refractivity contribution in [3.05, 3.63) is 48.2 Å². The van der Waals surface area contributed by atoms with Gasteiger partial charge in [0, 0.05) is 10.9 Å². The SMILES string of the molecule is Cc1cc(-c2cc3cc(OCCNC(=O)O)ccc3o2)c2ncc(OC(F)F)nc2c1. The van der Waals surface area contributed by atoms with Crippen LogP contribution in [0.5, 0.6) is 11.6 Å². The molecule has 0 radical (unpaired) electrons. The summed E-state index contributed by atoms with van der Waals surface area (Å²) in [4.78, 5) is 18.8. The van der Waals surface area contributed by atoms with Gasteiger partial charge in [-0.15, -0.1) is 0 Å². The smallest absolute Gasteiger partial charge is 0.404 e. The van der Waals surface area contributed by atoms with Gasteiger partial charge in [-0.05, 0) is 48.9 Å². The molecule has 2 heterocycles. The minimum atomic E-state index is -2.98. The molecule has 2 aromatic carbocycles. The number of halogens is 2. The number of alkyl halides is 2. The number of carboxylic acid groups (broad SMARTS) is 1. The Kier molecular flexibility index (Phi) is 5.52. The van der Waals surface area contributed by atoms with Crippen molar-refractivity contribution in [2.45, 2.75) is 13.5 Å². The van der Waals surface area contributed by atoms with Crippen molar-refractivity contribution in [1.82, 2.24) is 15.3 Å². The molecule has 0 saturated carbocycles. The summed E-state index contributed by atoms with van der Waals surface area (Å²) < 4.78 is 40.8. The van der Waals surface area contributed by atoms with E-state index < -0.39 is 12.7 Å². The third-order valence-corrected chi connectivity index (χ3v) is 4.38. The Hall–Kier alpha value is -3.95. The molecule has 2 aromatic heterocycles. The van der Waals surface area contributed by atoms with Crippen molar-refractivity contribution in [1.29, 1.82) is 0 Å². The highest BCUT2D eigenvalue weighted by Gasteiger charge is 2.15. The monoisotopic (exact) mass is 429 g/mol. The maximum Gasteiger partial charge on any atom is 0.404 e. The molecular formula is C21H17F2N3O5. The quantitative estimate of drug-likeness (QED) is 0.414. The van der Waals surface area contributed by atoms with E-state index >= 15 is 0 Å². The van der Waals surface area contributed by atoms with E-state index in [0.29, 0.717) is 33.7 Å². The number of ether oxygens (including phenoxy) is 2. The van der Waals surface area contributed by atoms with Crippen LogP contribution in [0.2, 0.25) is 0 Å². The first-order valence-corrected chi connectivity index (χ1v) is 9.25. The molecule has 2 N–H and O–H groups in total. The van der Waals surface area contributed by atoms with Gasteiger partial charge in [-0.3, -0.25) is 0 Å². The minimum Gasteiger partial charge on any atom is -0.492 e. The fourth-order valence-corrected chi connectivity index (χ4v) is 3.15. The van der Waals surface area contributed by atoms with E-state index in [9.17, 15) is 13.6 Å². The van der Waals surface area contributed by atoms with E-state index in [2.05, 4.69) is 20.0 Å². The largest absolute Gasteiger partial charge is 0.492 e. The number of aromatic nitrogens is 2. The van der Waals surface area contributed by atoms with Crippen molar-refractivity contribution < 1.29 is 32.6 Å². The first-order valence-electron chi connectivity index (χ1n) is 9.25. The third-order valence-electron chi connectivity index (χ3n) is 4.38. The molecule has 0 atom stereocenters. The van der Waals surface area contributed by atoms with Gasteiger partial charge in [0.15, 0.2) is 0 Å². The molecule has 0 aliphatic carbocycles. The van der Waals surface area contributed by atoms with Crippen LogP contribution >= 0.6 is 0 Å². The summed E-state index contributed by atoms with van der Waals surface area (Å²) in [6.07, 6.45) is 0.0347. The minimum absolute atomic E-state index is 0.162. The second-order valence-corrected chi connectivity index (χ2v) is 6.66. The van der Waals surface area contributed by atoms with Crippen LogP contribution in [0.1, 0.15) is 5.56 Å². The Morgan fingerprint density at radius 1 is 1.26 bits per heavy atom. The molecule has 0 bridgehead atoms. The molecule has 4 rings (SSSR count). The molecule has 31 heavy (non-hydrogen) atoms. The Labute approximate surface area is 174 Å². The van der Waals surface area contributed by atoms with Gasteiger partial charge >= 0.3 is 12.7 Å². The van der Waals surface area contributed by atoms with E-state index in [1.54, 1.807) is 24.3 Å². The number of hydrogen-bond donors (Lipinski definition) is 2. The number of nitrogens with one attached hydrogen (secondary N) is 1. The number of amides is 1. The molecule has 0 saturated heterocycles. The average Bonchev–Trinajstić information content (AvgIpc) is 3.13. The van der Waals surface area contributed by atoms with Crippen LogP contribution < -0.4 is 14.8 Å². The Morgan fingerprint density at radius 2 is 2.10 bits per heavy atom. The Morgan fingerprint density at radius 3 is 2.87 bits per heavy atom. The number of nitrogens with zero attached hydrogens (tertiary/aromatic N) is 2. The van der Waals surface area contributed by atoms with Crippen LogP contribution in [-0.4, -0.2) is 40.9 Å². The van der Waals surface area contributed by atoms with E-state index in [0.717, 1.165) is 17.1 Å². The lowest BCUT2D eigenvalue weighted by atomic mass is 10.1. The maximum atomic E-state index is 12.5. The van der Waals surface area contributed by atoms with Crippen molar-refractivity contribution in [2.75, 3.05) is 13.2 Å². The Bertz CT molecular complexity index is 1260. The fraction of sp³-hybridized carbons (Fsp3) is 0.190. The van der Waals surface area contributed by atoms with Crippen molar-refractivity contribution >= 4 is 28.1 Å². The highest BCUT2D eigenvalue weighted by Crippen LogP contribution is 2.34. The van der Waals surface area contributed by atoms with Crippen LogP contribution in [0.25, 0.3) is 33.3 Å². The Balaban J connectivity index is 1.65. The maximum absolute atomic E-state index is 12.5. The molecule has 0 aliphatic heterocycles. The zero-order valence-corrected chi connectivity index (χ0v) is 16.3. The predicted molar refractivity (Wildman–Crippen MR) is 108 cm³/mol. The summed E-state index contributed by atoms with van der Waals surface area (Å²) in [5, 5.41) is 11.6. The number of benzene rings is 2. The second-order valence-electron chi connectivity index (χ2n) is 6.66. The standard InChI is InChI=1S/C21H17F2N3O5/c1-11-6-14(19-15(7-11)26-18(10-25-19)31-20(22)23)17-9-12-8-13(2-3-16(12)30-17)29-5-4-24-21(27)28/h2-3,6-10,20,24H,4-5H2,1H3,(H,27,28). The van der Waals surface area contributed by atoms with E-state index in [-0.39, 0.29) is 19.0 Å². The zero-order valence-electron chi connectivity index (χ0n) is 16.3. The molecule has 10 heteroatoms. The van der Waals surface area contributed by atoms with Gasteiger partial charge in [0.2, 0.25) is 5.88 Å². The number of carbonyl (C=O) groups is 1. The average molecular weight is 429 g/mol. The summed E-state index contributed by atoms with van der Waals surface area (Å²) in [5.41, 5.74) is 3.02. The third kappa shape index (κ3) is 4.63. The lowest BCUT2D eigenvalue weighted by molar-refractivity contribution is -0.0528. The number of hydrogen-bond acceptors (Lipinski definition) is 6. The normalized spacial score (nSPS) is 11.2. The molecular weight excluding hydrogens is 412 g/mol. The summed E-state index contributed by atoms with van der Waals surface area (Å²) in [7, 11) is 0. The number of aryl methyl sites for hydroxylation is 1. The van der Waals surface area contributed by atoms with Gasteiger partial charge in [-0.2, -0.15) is 8.78 Å². The van der Waals surface area contributed by atoms with Gasteiger partial charge in [0.25, 0.3) is 0 Å². The van der Waals surface area contributed by atoms with Crippen LogP contribution in [0.15, 0.2) is 47.0 Å². The summed E-state index contributed by atoms with van der Waals surface area (Å²) >= 11 is 0. The number of rotatable bonds is 7. The summed E-state index contributed by atoms with van der Waals surface area (Å²) in [5.74, 6) is 0.836. The molecule has 0 spiro atoms. The van der Waals surface area contributed by atoms with E-state index in [1.165, 1.54) is 0 Å². The van der Waals surface area contributed by atoms with Gasteiger partial charge in [-0.1, -0.05) is 0 Å². The molecule has 0 unspecified atom stereocenters. The predicted octanol–water partition coefficient (Wildman–Crippen LogP) is 4.60.